The van der Waals surface area contributed by atoms with Crippen molar-refractivity contribution in [2.24, 2.45) is 28.8 Å². The summed E-state index contributed by atoms with van der Waals surface area (Å²) in [5, 5.41) is 15.7. The Morgan fingerprint density at radius 1 is 1.05 bits per heavy atom. The highest BCUT2D eigenvalue weighted by molar-refractivity contribution is 6.00. The number of cyclic esters (lactones) is 1. The van der Waals surface area contributed by atoms with E-state index in [4.69, 9.17) is 33.3 Å². The predicted molar refractivity (Wildman–Crippen MR) is 156 cm³/mol. The molecule has 0 unspecified atom stereocenters. The lowest BCUT2D eigenvalue weighted by Crippen LogP contribution is -2.60. The number of oxime groups is 1. The molecule has 0 aromatic rings. The number of ketones is 1. The van der Waals surface area contributed by atoms with E-state index in [1.54, 1.807) is 20.8 Å². The minimum atomic E-state index is -1.34. The highest BCUT2D eigenvalue weighted by Gasteiger charge is 2.59. The number of fused-ring (bicyclic) bond motifs is 4. The Kier molecular flexibility index (Phi) is 10.4. The second-order valence-electron chi connectivity index (χ2n) is 13.6. The minimum Gasteiger partial charge on any atom is -0.457 e. The van der Waals surface area contributed by atoms with Gasteiger partial charge in [-0.15, -0.1) is 0 Å². The molecule has 4 rings (SSSR count). The van der Waals surface area contributed by atoms with Crippen molar-refractivity contribution in [2.75, 3.05) is 20.9 Å². The van der Waals surface area contributed by atoms with E-state index in [1.165, 1.54) is 6.92 Å². The standard InChI is InChI=1S/C31H50N2O11/c1-11-21-31(8)26(43-29(37)44-31)17(4)22-15(2)13-30(7,38-14-39-32-22)25(18(5)23(34)19(6)27(36)41-21)42-28-24(35)20(33(9)10)12-16(3)40-28/h15-21,24-26,28,35H,11-14H2,1-10H3/b32-22+/t15-,16-,17+,18+,19-,20+,21-,24-,25-,26-,28+,30-,31-/m1/s1. The molecule has 3 fully saturated rings. The third-order valence-corrected chi connectivity index (χ3v) is 9.95. The topological polar surface area (TPSA) is 152 Å². The fourth-order valence-electron chi connectivity index (χ4n) is 7.44. The van der Waals surface area contributed by atoms with Crippen molar-refractivity contribution in [3.8, 4) is 0 Å². The van der Waals surface area contributed by atoms with E-state index < -0.39 is 77.6 Å². The molecule has 44 heavy (non-hydrogen) atoms. The summed E-state index contributed by atoms with van der Waals surface area (Å²) in [6, 6.07) is -0.244. The van der Waals surface area contributed by atoms with E-state index >= 15 is 0 Å². The van der Waals surface area contributed by atoms with Gasteiger partial charge in [-0.3, -0.25) is 9.59 Å². The molecule has 4 aliphatic rings. The fraction of sp³-hybridized carbons (Fsp3) is 0.871. The zero-order valence-corrected chi connectivity index (χ0v) is 27.6. The minimum absolute atomic E-state index is 0.223. The van der Waals surface area contributed by atoms with Crippen LogP contribution < -0.4 is 0 Å². The summed E-state index contributed by atoms with van der Waals surface area (Å²) in [6.07, 6.45) is -4.69. The summed E-state index contributed by atoms with van der Waals surface area (Å²) < 4.78 is 36.2. The maximum atomic E-state index is 14.0. The highest BCUT2D eigenvalue weighted by Crippen LogP contribution is 2.42. The summed E-state index contributed by atoms with van der Waals surface area (Å²) in [4.78, 5) is 47.6. The van der Waals surface area contributed by atoms with Gasteiger partial charge in [-0.25, -0.2) is 4.79 Å². The van der Waals surface area contributed by atoms with Gasteiger partial charge in [0.25, 0.3) is 0 Å². The molecule has 0 aromatic carbocycles. The number of carbonyl (C=O) groups excluding carboxylic acids is 3. The monoisotopic (exact) mass is 626 g/mol. The fourth-order valence-corrected chi connectivity index (χ4v) is 7.44. The largest absolute Gasteiger partial charge is 0.509 e. The first kappa shape index (κ1) is 34.6. The number of ether oxygens (including phenoxy) is 6. The third kappa shape index (κ3) is 6.48. The van der Waals surface area contributed by atoms with Gasteiger partial charge < -0.3 is 43.3 Å². The van der Waals surface area contributed by atoms with Gasteiger partial charge in [0.2, 0.25) is 6.79 Å². The number of carbonyl (C=O) groups is 3. The molecule has 4 aliphatic heterocycles. The van der Waals surface area contributed by atoms with Gasteiger partial charge in [0.05, 0.1) is 23.5 Å². The van der Waals surface area contributed by atoms with Gasteiger partial charge in [-0.2, -0.15) is 0 Å². The van der Waals surface area contributed by atoms with Gasteiger partial charge in [-0.1, -0.05) is 32.9 Å². The number of aliphatic hydroxyl groups is 1. The van der Waals surface area contributed by atoms with Crippen LogP contribution in [0.5, 0.6) is 0 Å². The van der Waals surface area contributed by atoms with Crippen LogP contribution in [0.25, 0.3) is 0 Å². The molecule has 0 radical (unpaired) electrons. The van der Waals surface area contributed by atoms with Crippen molar-refractivity contribution in [1.82, 2.24) is 4.90 Å². The summed E-state index contributed by atoms with van der Waals surface area (Å²) in [7, 11) is 3.76. The molecule has 13 nitrogen and oxygen atoms in total. The number of rotatable bonds is 4. The first-order valence-electron chi connectivity index (χ1n) is 15.7. The van der Waals surface area contributed by atoms with Gasteiger partial charge in [-0.05, 0) is 61.1 Å². The zero-order valence-electron chi connectivity index (χ0n) is 27.6. The molecular weight excluding hydrogens is 576 g/mol. The van der Waals surface area contributed by atoms with Crippen molar-refractivity contribution in [3.63, 3.8) is 0 Å². The van der Waals surface area contributed by atoms with Gasteiger partial charge >= 0.3 is 12.1 Å². The van der Waals surface area contributed by atoms with Crippen LogP contribution in [0.4, 0.5) is 4.79 Å². The van der Waals surface area contributed by atoms with Crippen molar-refractivity contribution >= 4 is 23.6 Å². The Labute approximate surface area is 259 Å². The number of nitrogens with zero attached hydrogens (tertiary/aromatic N) is 2. The van der Waals surface area contributed by atoms with Crippen LogP contribution in [0.1, 0.15) is 74.7 Å². The van der Waals surface area contributed by atoms with E-state index in [1.807, 2.05) is 46.7 Å². The van der Waals surface area contributed by atoms with Crippen LogP contribution in [0.3, 0.4) is 0 Å². The summed E-state index contributed by atoms with van der Waals surface area (Å²) in [6.45, 7) is 13.9. The summed E-state index contributed by atoms with van der Waals surface area (Å²) >= 11 is 0. The quantitative estimate of drug-likeness (QED) is 0.361. The van der Waals surface area contributed by atoms with Gasteiger partial charge in [0.1, 0.15) is 18.1 Å². The van der Waals surface area contributed by atoms with Crippen molar-refractivity contribution in [1.29, 1.82) is 0 Å². The average molecular weight is 627 g/mol. The molecule has 0 spiro atoms. The Balaban J connectivity index is 1.80. The Morgan fingerprint density at radius 3 is 2.36 bits per heavy atom. The molecule has 13 heteroatoms. The number of hydrogen-bond acceptors (Lipinski definition) is 13. The number of likely N-dealkylation sites (N-methyl/N-ethyl adjacent to an activating group) is 1. The second-order valence-corrected chi connectivity index (χ2v) is 13.6. The van der Waals surface area contributed by atoms with Crippen LogP contribution in [-0.2, 0) is 42.8 Å². The smallest absolute Gasteiger partial charge is 0.457 e. The Bertz CT molecular complexity index is 1120. The maximum absolute atomic E-state index is 14.0. The maximum Gasteiger partial charge on any atom is 0.509 e. The molecule has 0 amide bonds. The number of Topliss-reactive ketones (excluding diaryl/α,β-unsaturated/α-hetero) is 1. The zero-order chi connectivity index (χ0) is 32.7. The SMILES string of the molecule is CC[C@H]1OC(=O)[C@H](C)C(=O)[C@H](C)[C@@H](O[C@@H]2O[C@H](C)C[C@H](N(C)C)[C@H]2O)[C@@]2(C)C[C@@H](C)/C(=N\OCO2)[C@H](C)[C@H]2OC(=O)O[C@@]21C. The van der Waals surface area contributed by atoms with Crippen molar-refractivity contribution in [3.05, 3.63) is 0 Å². The molecule has 3 saturated heterocycles. The predicted octanol–water partition coefficient (Wildman–Crippen LogP) is 3.05. The molecule has 0 aromatic heterocycles. The summed E-state index contributed by atoms with van der Waals surface area (Å²) in [5.41, 5.74) is -1.92. The lowest BCUT2D eigenvalue weighted by molar-refractivity contribution is -0.304. The van der Waals surface area contributed by atoms with Crippen LogP contribution in [0.15, 0.2) is 5.16 Å². The molecule has 2 bridgehead atoms. The van der Waals surface area contributed by atoms with E-state index in [-0.39, 0.29) is 24.9 Å². The molecule has 0 aliphatic carbocycles. The van der Waals surface area contributed by atoms with Crippen LogP contribution in [0, 0.1) is 23.7 Å². The van der Waals surface area contributed by atoms with Crippen LogP contribution in [-0.4, -0.2) is 109 Å². The lowest BCUT2D eigenvalue weighted by atomic mass is 9.74. The van der Waals surface area contributed by atoms with Crippen molar-refractivity contribution in [2.45, 2.75) is 129 Å². The Hall–Kier alpha value is -2.32. The number of aliphatic hydroxyl groups excluding tert-OH is 1. The number of esters is 1. The van der Waals surface area contributed by atoms with Gasteiger partial charge in [0.15, 0.2) is 23.8 Å². The number of hydrogen-bond donors (Lipinski definition) is 1. The third-order valence-electron chi connectivity index (χ3n) is 9.95. The van der Waals surface area contributed by atoms with Crippen molar-refractivity contribution < 1.29 is 52.7 Å². The molecule has 4 heterocycles. The van der Waals surface area contributed by atoms with E-state index in [0.29, 0.717) is 25.0 Å². The molecular formula is C31H50N2O11. The molecule has 13 atom stereocenters. The average Bonchev–Trinajstić information content (AvgIpc) is 3.27. The highest BCUT2D eigenvalue weighted by atomic mass is 16.8. The van der Waals surface area contributed by atoms with Crippen LogP contribution in [0.2, 0.25) is 0 Å². The molecule has 1 N–H and O–H groups in total. The van der Waals surface area contributed by atoms with Gasteiger partial charge in [0, 0.05) is 23.8 Å². The first-order chi connectivity index (χ1) is 20.5. The molecule has 250 valence electrons. The van der Waals surface area contributed by atoms with E-state index in [2.05, 4.69) is 5.16 Å². The Morgan fingerprint density at radius 2 is 1.73 bits per heavy atom. The molecule has 0 saturated carbocycles. The summed E-state index contributed by atoms with van der Waals surface area (Å²) in [5.74, 6) is -4.06. The lowest BCUT2D eigenvalue weighted by Gasteiger charge is -2.47. The first-order valence-corrected chi connectivity index (χ1v) is 15.7. The normalized spacial score (nSPS) is 46.8. The second kappa shape index (κ2) is 13.2. The van der Waals surface area contributed by atoms with E-state index in [0.717, 1.165) is 0 Å². The van der Waals surface area contributed by atoms with Crippen LogP contribution >= 0.6 is 0 Å². The van der Waals surface area contributed by atoms with E-state index in [9.17, 15) is 19.5 Å².